The van der Waals surface area contributed by atoms with Crippen LogP contribution in [0.4, 0.5) is 10.1 Å². The van der Waals surface area contributed by atoms with Gasteiger partial charge in [0.05, 0.1) is 25.3 Å². The first-order valence-corrected chi connectivity index (χ1v) is 9.75. The van der Waals surface area contributed by atoms with Crippen LogP contribution < -0.4 is 5.32 Å². The third kappa shape index (κ3) is 4.02. The van der Waals surface area contributed by atoms with Crippen molar-refractivity contribution in [1.82, 2.24) is 9.88 Å². The molecule has 1 aromatic heterocycles. The molecular formula is C22H24FN3O3. The topological polar surface area (TPSA) is 74.4 Å². The van der Waals surface area contributed by atoms with E-state index in [4.69, 9.17) is 4.74 Å². The summed E-state index contributed by atoms with van der Waals surface area (Å²) in [5, 5.41) is 2.76. The van der Waals surface area contributed by atoms with E-state index in [-0.39, 0.29) is 17.5 Å². The molecule has 7 heteroatoms. The van der Waals surface area contributed by atoms with Crippen molar-refractivity contribution in [3.05, 3.63) is 52.1 Å². The molecule has 0 radical (unpaired) electrons. The Morgan fingerprint density at radius 1 is 1.28 bits per heavy atom. The van der Waals surface area contributed by atoms with Crippen molar-refractivity contribution < 1.29 is 18.7 Å². The summed E-state index contributed by atoms with van der Waals surface area (Å²) >= 11 is 0. The molecule has 2 aromatic rings. The maximum absolute atomic E-state index is 13.7. The van der Waals surface area contributed by atoms with E-state index in [2.05, 4.69) is 15.2 Å². The summed E-state index contributed by atoms with van der Waals surface area (Å²) in [6.45, 7) is 7.16. The maximum atomic E-state index is 13.7. The first-order chi connectivity index (χ1) is 13.9. The fourth-order valence-corrected chi connectivity index (χ4v) is 3.93. The van der Waals surface area contributed by atoms with Gasteiger partial charge in [0.25, 0.3) is 5.91 Å². The number of benzene rings is 1. The zero-order chi connectivity index (χ0) is 20.5. The molecule has 0 unspecified atom stereocenters. The van der Waals surface area contributed by atoms with Crippen LogP contribution >= 0.6 is 0 Å². The number of amides is 1. The fourth-order valence-electron chi connectivity index (χ4n) is 3.93. The molecule has 4 rings (SSSR count). The second-order valence-corrected chi connectivity index (χ2v) is 7.57. The van der Waals surface area contributed by atoms with E-state index in [0.29, 0.717) is 43.0 Å². The van der Waals surface area contributed by atoms with Crippen LogP contribution in [0, 0.1) is 19.7 Å². The van der Waals surface area contributed by atoms with E-state index >= 15 is 0 Å². The van der Waals surface area contributed by atoms with Crippen LogP contribution in [0.15, 0.2) is 18.2 Å². The van der Waals surface area contributed by atoms with Crippen LogP contribution in [0.1, 0.15) is 28.1 Å². The summed E-state index contributed by atoms with van der Waals surface area (Å²) in [6, 6.07) is 4.24. The van der Waals surface area contributed by atoms with Crippen LogP contribution in [0.2, 0.25) is 0 Å². The molecule has 0 aliphatic carbocycles. The molecule has 0 saturated carbocycles. The number of aromatic nitrogens is 1. The van der Waals surface area contributed by atoms with Gasteiger partial charge in [-0.1, -0.05) is 0 Å². The molecule has 3 heterocycles. The van der Waals surface area contributed by atoms with Crippen molar-refractivity contribution in [2.24, 2.45) is 0 Å². The molecule has 29 heavy (non-hydrogen) atoms. The smallest absolute Gasteiger partial charge is 0.256 e. The molecule has 0 atom stereocenters. The Bertz CT molecular complexity index is 1000. The normalized spacial score (nSPS) is 18.2. The summed E-state index contributed by atoms with van der Waals surface area (Å²) in [7, 11) is 0. The van der Waals surface area contributed by atoms with E-state index in [1.54, 1.807) is 12.1 Å². The third-order valence-corrected chi connectivity index (χ3v) is 5.56. The molecule has 0 bridgehead atoms. The number of H-pyrrole nitrogens is 1. The Labute approximate surface area is 168 Å². The van der Waals surface area contributed by atoms with Crippen molar-refractivity contribution >= 4 is 29.0 Å². The minimum atomic E-state index is -0.389. The van der Waals surface area contributed by atoms with Crippen molar-refractivity contribution in [2.75, 3.05) is 38.2 Å². The number of fused-ring (bicyclic) bond motifs is 1. The molecule has 2 aliphatic rings. The molecule has 1 fully saturated rings. The highest BCUT2D eigenvalue weighted by Crippen LogP contribution is 2.34. The van der Waals surface area contributed by atoms with Crippen LogP contribution in [0.3, 0.4) is 0 Å². The van der Waals surface area contributed by atoms with Crippen molar-refractivity contribution in [3.8, 4) is 0 Å². The number of carbonyl (C=O) groups excluding carboxylic acids is 2. The van der Waals surface area contributed by atoms with Gasteiger partial charge in [0.1, 0.15) is 5.82 Å². The average molecular weight is 397 g/mol. The number of halogens is 1. The van der Waals surface area contributed by atoms with Gasteiger partial charge >= 0.3 is 0 Å². The van der Waals surface area contributed by atoms with Gasteiger partial charge < -0.3 is 15.0 Å². The summed E-state index contributed by atoms with van der Waals surface area (Å²) in [6.07, 6.45) is 2.07. The first-order valence-electron chi connectivity index (χ1n) is 9.75. The summed E-state index contributed by atoms with van der Waals surface area (Å²) in [4.78, 5) is 30.3. The minimum Gasteiger partial charge on any atom is -0.379 e. The number of anilines is 1. The molecule has 0 spiro atoms. The van der Waals surface area contributed by atoms with Crippen molar-refractivity contribution in [1.29, 1.82) is 0 Å². The largest absolute Gasteiger partial charge is 0.379 e. The Kier molecular flexibility index (Phi) is 5.34. The van der Waals surface area contributed by atoms with Gasteiger partial charge in [-0.2, -0.15) is 0 Å². The van der Waals surface area contributed by atoms with E-state index in [0.717, 1.165) is 35.6 Å². The second kappa shape index (κ2) is 7.93. The SMILES string of the molecule is Cc1[nH]c(/C=C2\C(=O)Nc3ccc(F)cc32)c(C)c1CC(=O)CN1CCOCC1. The molecule has 1 amide bonds. The van der Waals surface area contributed by atoms with E-state index in [1.807, 2.05) is 13.8 Å². The maximum Gasteiger partial charge on any atom is 0.256 e. The molecule has 152 valence electrons. The zero-order valence-electron chi connectivity index (χ0n) is 16.6. The standard InChI is InChI=1S/C22H24FN3O3/c1-13-17(10-16(27)12-26-5-7-29-8-6-26)14(2)24-21(13)11-19-18-9-15(23)3-4-20(18)25-22(19)28/h3-4,9,11,24H,5-8,10,12H2,1-2H3,(H,25,28)/b19-11-. The van der Waals surface area contributed by atoms with E-state index < -0.39 is 0 Å². The van der Waals surface area contributed by atoms with Crippen LogP contribution in [-0.2, 0) is 20.7 Å². The molecular weight excluding hydrogens is 373 g/mol. The van der Waals surface area contributed by atoms with Gasteiger partial charge in [0, 0.05) is 42.1 Å². The summed E-state index contributed by atoms with van der Waals surface area (Å²) in [5.41, 5.74) is 5.11. The van der Waals surface area contributed by atoms with E-state index in [1.165, 1.54) is 12.1 Å². The number of nitrogens with zero attached hydrogens (tertiary/aromatic N) is 1. The van der Waals surface area contributed by atoms with Crippen molar-refractivity contribution in [2.45, 2.75) is 20.3 Å². The highest BCUT2D eigenvalue weighted by atomic mass is 19.1. The number of ketones is 1. The number of carbonyl (C=O) groups is 2. The Balaban J connectivity index is 1.56. The lowest BCUT2D eigenvalue weighted by Crippen LogP contribution is -2.40. The highest BCUT2D eigenvalue weighted by Gasteiger charge is 2.25. The number of hydrogen-bond acceptors (Lipinski definition) is 4. The Morgan fingerprint density at radius 3 is 2.79 bits per heavy atom. The molecule has 2 aliphatic heterocycles. The lowest BCUT2D eigenvalue weighted by molar-refractivity contribution is -0.120. The van der Waals surface area contributed by atoms with Gasteiger partial charge in [-0.05, 0) is 49.2 Å². The highest BCUT2D eigenvalue weighted by molar-refractivity contribution is 6.34. The Morgan fingerprint density at radius 2 is 2.03 bits per heavy atom. The molecule has 1 aromatic carbocycles. The van der Waals surface area contributed by atoms with Crippen LogP contribution in [0.25, 0.3) is 11.6 Å². The fraction of sp³-hybridized carbons (Fsp3) is 0.364. The minimum absolute atomic E-state index is 0.155. The third-order valence-electron chi connectivity index (χ3n) is 5.56. The summed E-state index contributed by atoms with van der Waals surface area (Å²) in [5.74, 6) is -0.496. The second-order valence-electron chi connectivity index (χ2n) is 7.57. The van der Waals surface area contributed by atoms with Gasteiger partial charge in [-0.25, -0.2) is 4.39 Å². The number of aromatic amines is 1. The van der Waals surface area contributed by atoms with Crippen molar-refractivity contribution in [3.63, 3.8) is 0 Å². The predicted octanol–water partition coefficient (Wildman–Crippen LogP) is 2.71. The quantitative estimate of drug-likeness (QED) is 0.761. The predicted molar refractivity (Wildman–Crippen MR) is 109 cm³/mol. The Hall–Kier alpha value is -2.77. The number of hydrogen-bond donors (Lipinski definition) is 2. The number of morpholine rings is 1. The van der Waals surface area contributed by atoms with E-state index in [9.17, 15) is 14.0 Å². The van der Waals surface area contributed by atoms with Gasteiger partial charge in [0.15, 0.2) is 5.78 Å². The first kappa shape index (κ1) is 19.5. The van der Waals surface area contributed by atoms with Gasteiger partial charge in [-0.15, -0.1) is 0 Å². The summed E-state index contributed by atoms with van der Waals surface area (Å²) < 4.78 is 19.0. The van der Waals surface area contributed by atoms with Crippen LogP contribution in [-0.4, -0.2) is 54.4 Å². The number of Topliss-reactive ketones (excluding diaryl/α,β-unsaturated/α-hetero) is 1. The number of rotatable bonds is 5. The zero-order valence-corrected chi connectivity index (χ0v) is 16.6. The molecule has 1 saturated heterocycles. The lowest BCUT2D eigenvalue weighted by Gasteiger charge is -2.25. The number of aryl methyl sites for hydroxylation is 1. The van der Waals surface area contributed by atoms with Gasteiger partial charge in [0.2, 0.25) is 0 Å². The molecule has 2 N–H and O–H groups in total. The lowest BCUT2D eigenvalue weighted by atomic mass is 10.0. The monoisotopic (exact) mass is 397 g/mol. The number of ether oxygens (including phenoxy) is 1. The van der Waals surface area contributed by atoms with Crippen LogP contribution in [0.5, 0.6) is 0 Å². The van der Waals surface area contributed by atoms with Gasteiger partial charge in [-0.3, -0.25) is 14.5 Å². The average Bonchev–Trinajstić information content (AvgIpc) is 3.13. The number of nitrogens with one attached hydrogen (secondary N) is 2. The molecule has 6 nitrogen and oxygen atoms in total.